The minimum Gasteiger partial charge on any atom is -0.388 e. The highest BCUT2D eigenvalue weighted by atomic mass is 14.9. The fourth-order valence-electron chi connectivity index (χ4n) is 6.77. The minimum absolute atomic E-state index is 0.671. The molecule has 5 aliphatic rings. The van der Waals surface area contributed by atoms with Crippen LogP contribution in [0.1, 0.15) is 77.6 Å². The number of hydrogen-bond acceptors (Lipinski definition) is 1. The van der Waals surface area contributed by atoms with Gasteiger partial charge in [-0.1, -0.05) is 42.0 Å². The van der Waals surface area contributed by atoms with E-state index in [9.17, 15) is 0 Å². The first-order valence-electron chi connectivity index (χ1n) is 12.5. The van der Waals surface area contributed by atoms with Crippen molar-refractivity contribution in [1.82, 2.24) is 5.32 Å². The van der Waals surface area contributed by atoms with Crippen LogP contribution in [0.25, 0.3) is 0 Å². The van der Waals surface area contributed by atoms with Crippen LogP contribution in [0, 0.1) is 29.6 Å². The van der Waals surface area contributed by atoms with E-state index in [0.29, 0.717) is 5.92 Å². The number of allylic oxidation sites excluding steroid dienone is 9. The molecule has 5 unspecified atom stereocenters. The lowest BCUT2D eigenvalue weighted by Crippen LogP contribution is -2.31. The molecule has 1 heterocycles. The van der Waals surface area contributed by atoms with E-state index < -0.39 is 0 Å². The van der Waals surface area contributed by atoms with Crippen LogP contribution in [0.15, 0.2) is 58.9 Å². The largest absolute Gasteiger partial charge is 0.388 e. The second-order valence-electron chi connectivity index (χ2n) is 10.3. The minimum atomic E-state index is 0.671. The Morgan fingerprint density at radius 3 is 2.52 bits per heavy atom. The summed E-state index contributed by atoms with van der Waals surface area (Å²) in [6, 6.07) is 0. The van der Waals surface area contributed by atoms with Crippen molar-refractivity contribution in [3.8, 4) is 0 Å². The summed E-state index contributed by atoms with van der Waals surface area (Å²) in [4.78, 5) is 0. The fourth-order valence-corrected chi connectivity index (χ4v) is 6.77. The number of nitrogens with one attached hydrogen (secondary N) is 1. The van der Waals surface area contributed by atoms with Crippen LogP contribution in [0.3, 0.4) is 0 Å². The topological polar surface area (TPSA) is 12.0 Å². The summed E-state index contributed by atoms with van der Waals surface area (Å²) in [5.74, 6) is 4.27. The third kappa shape index (κ3) is 4.35. The summed E-state index contributed by atoms with van der Waals surface area (Å²) in [6.45, 7) is 3.44. The van der Waals surface area contributed by atoms with Gasteiger partial charge in [0.2, 0.25) is 0 Å². The van der Waals surface area contributed by atoms with Crippen molar-refractivity contribution in [2.24, 2.45) is 29.6 Å². The molecule has 5 rings (SSSR count). The Kier molecular flexibility index (Phi) is 5.84. The van der Waals surface area contributed by atoms with Gasteiger partial charge in [-0.2, -0.15) is 0 Å². The predicted molar refractivity (Wildman–Crippen MR) is 123 cm³/mol. The van der Waals surface area contributed by atoms with Crippen LogP contribution in [-0.2, 0) is 0 Å². The average Bonchev–Trinajstić information content (AvgIpc) is 2.79. The third-order valence-electron chi connectivity index (χ3n) is 8.46. The summed E-state index contributed by atoms with van der Waals surface area (Å²) in [6.07, 6.45) is 30.1. The molecular formula is C28H39N. The predicted octanol–water partition coefficient (Wildman–Crippen LogP) is 7.26. The Balaban J connectivity index is 1.20. The second-order valence-corrected chi connectivity index (χ2v) is 10.3. The normalized spacial score (nSPS) is 37.5. The molecule has 0 bridgehead atoms. The molecule has 1 nitrogen and oxygen atoms in total. The maximum atomic E-state index is 3.65. The van der Waals surface area contributed by atoms with Gasteiger partial charge >= 0.3 is 0 Å². The molecule has 1 fully saturated rings. The molecule has 0 radical (unpaired) electrons. The van der Waals surface area contributed by atoms with E-state index in [-0.39, 0.29) is 0 Å². The van der Waals surface area contributed by atoms with Crippen molar-refractivity contribution in [3.05, 3.63) is 58.9 Å². The van der Waals surface area contributed by atoms with Gasteiger partial charge in [-0.3, -0.25) is 0 Å². The van der Waals surface area contributed by atoms with E-state index in [1.165, 1.54) is 88.4 Å². The molecule has 0 amide bonds. The second kappa shape index (κ2) is 8.70. The lowest BCUT2D eigenvalue weighted by atomic mass is 9.64. The Morgan fingerprint density at radius 1 is 0.828 bits per heavy atom. The zero-order chi connectivity index (χ0) is 19.6. The molecule has 5 atom stereocenters. The molecule has 0 saturated heterocycles. The van der Waals surface area contributed by atoms with Gasteiger partial charge in [-0.05, 0) is 112 Å². The summed E-state index contributed by atoms with van der Waals surface area (Å²) in [5.41, 5.74) is 6.34. The Labute approximate surface area is 178 Å². The van der Waals surface area contributed by atoms with E-state index in [2.05, 4.69) is 48.7 Å². The van der Waals surface area contributed by atoms with Crippen molar-refractivity contribution in [2.45, 2.75) is 77.6 Å². The van der Waals surface area contributed by atoms with Crippen LogP contribution in [0.4, 0.5) is 0 Å². The summed E-state index contributed by atoms with van der Waals surface area (Å²) < 4.78 is 0. The number of hydrogen-bond donors (Lipinski definition) is 1. The highest BCUT2D eigenvalue weighted by molar-refractivity contribution is 5.40. The van der Waals surface area contributed by atoms with Crippen LogP contribution in [0.2, 0.25) is 0 Å². The van der Waals surface area contributed by atoms with Gasteiger partial charge in [-0.25, -0.2) is 0 Å². The first-order valence-corrected chi connectivity index (χ1v) is 12.5. The first-order chi connectivity index (χ1) is 14.3. The third-order valence-corrected chi connectivity index (χ3v) is 8.46. The number of rotatable bonds is 3. The molecule has 0 spiro atoms. The van der Waals surface area contributed by atoms with Crippen molar-refractivity contribution in [3.63, 3.8) is 0 Å². The first kappa shape index (κ1) is 19.5. The maximum Gasteiger partial charge on any atom is 0.0163 e. The zero-order valence-corrected chi connectivity index (χ0v) is 18.3. The fraction of sp³-hybridized carbons (Fsp3) is 0.643. The molecule has 29 heavy (non-hydrogen) atoms. The quantitative estimate of drug-likeness (QED) is 0.501. The number of fused-ring (bicyclic) bond motifs is 1. The monoisotopic (exact) mass is 389 g/mol. The molecule has 1 heteroatoms. The van der Waals surface area contributed by atoms with Crippen LogP contribution >= 0.6 is 0 Å². The van der Waals surface area contributed by atoms with Gasteiger partial charge in [0, 0.05) is 18.2 Å². The molecule has 0 aromatic rings. The van der Waals surface area contributed by atoms with Crippen LogP contribution < -0.4 is 5.32 Å². The van der Waals surface area contributed by atoms with E-state index >= 15 is 0 Å². The lowest BCUT2D eigenvalue weighted by molar-refractivity contribution is 0.154. The van der Waals surface area contributed by atoms with Crippen molar-refractivity contribution in [2.75, 3.05) is 6.54 Å². The molecule has 1 N–H and O–H groups in total. The van der Waals surface area contributed by atoms with Gasteiger partial charge in [0.15, 0.2) is 0 Å². The molecular weight excluding hydrogens is 350 g/mol. The van der Waals surface area contributed by atoms with E-state index in [1.54, 1.807) is 11.1 Å². The Bertz CT molecular complexity index is 761. The summed E-state index contributed by atoms with van der Waals surface area (Å²) >= 11 is 0. The van der Waals surface area contributed by atoms with Gasteiger partial charge in [-0.15, -0.1) is 0 Å². The summed E-state index contributed by atoms with van der Waals surface area (Å²) in [5, 5.41) is 3.65. The smallest absolute Gasteiger partial charge is 0.0163 e. The van der Waals surface area contributed by atoms with Gasteiger partial charge in [0.1, 0.15) is 0 Å². The highest BCUT2D eigenvalue weighted by Crippen LogP contribution is 2.47. The molecule has 0 aromatic carbocycles. The summed E-state index contributed by atoms with van der Waals surface area (Å²) in [7, 11) is 0. The van der Waals surface area contributed by atoms with E-state index in [1.807, 2.05) is 0 Å². The lowest BCUT2D eigenvalue weighted by Gasteiger charge is -2.42. The van der Waals surface area contributed by atoms with Crippen molar-refractivity contribution >= 4 is 0 Å². The maximum absolute atomic E-state index is 3.65. The highest BCUT2D eigenvalue weighted by Gasteiger charge is 2.36. The van der Waals surface area contributed by atoms with E-state index in [4.69, 9.17) is 0 Å². The standard InChI is InChI=1S/C28H39N/c1-20-5-4-6-23(17-20)25-14-15-26-18-24(12-13-27(26)19-25)21-8-10-22(11-9-21)28-7-2-3-16-29-28/h5,7-8,10,17,19,21-22,24,26-27,29H,2-4,6,9,11-16,18H2,1H3. The van der Waals surface area contributed by atoms with Gasteiger partial charge < -0.3 is 5.32 Å². The van der Waals surface area contributed by atoms with E-state index in [0.717, 1.165) is 23.7 Å². The van der Waals surface area contributed by atoms with Gasteiger partial charge in [0.05, 0.1) is 0 Å². The molecule has 156 valence electrons. The van der Waals surface area contributed by atoms with Crippen LogP contribution in [-0.4, -0.2) is 6.54 Å². The van der Waals surface area contributed by atoms with Crippen LogP contribution in [0.5, 0.6) is 0 Å². The SMILES string of the molecule is CC1=CCCC(C2=CC3CCC(C4C=CC(C5=CCCCN5)CC4)CC3CC2)=C1. The molecule has 1 saturated carbocycles. The Hall–Kier alpha value is -1.50. The van der Waals surface area contributed by atoms with Crippen molar-refractivity contribution in [1.29, 1.82) is 0 Å². The zero-order valence-electron chi connectivity index (χ0n) is 18.3. The Morgan fingerprint density at radius 2 is 1.72 bits per heavy atom. The molecule has 4 aliphatic carbocycles. The molecule has 1 aliphatic heterocycles. The van der Waals surface area contributed by atoms with Gasteiger partial charge in [0.25, 0.3) is 0 Å². The average molecular weight is 390 g/mol. The van der Waals surface area contributed by atoms with Crippen molar-refractivity contribution < 1.29 is 0 Å². The molecule has 0 aromatic heterocycles.